The maximum absolute atomic E-state index is 6.85. The molecule has 1 unspecified atom stereocenters. The Labute approximate surface area is 309 Å². The largest absolute Gasteiger partial charge is 0.457 e. The molecule has 4 N–H and O–H groups in total. The molecule has 1 spiro atoms. The third-order valence-corrected chi connectivity index (χ3v) is 10.8. The number of rotatable bonds is 6. The van der Waals surface area contributed by atoms with E-state index < -0.39 is 11.6 Å². The van der Waals surface area contributed by atoms with Gasteiger partial charge in [-0.15, -0.1) is 0 Å². The van der Waals surface area contributed by atoms with Crippen LogP contribution in [-0.4, -0.2) is 11.5 Å². The molecule has 0 radical (unpaired) electrons. The number of aromatic nitrogens is 1. The topological polar surface area (TPSA) is 72.2 Å². The highest BCUT2D eigenvalue weighted by Crippen LogP contribution is 2.61. The fourth-order valence-corrected chi connectivity index (χ4v) is 8.36. The molecular formula is C48H36N4O. The van der Waals surface area contributed by atoms with Gasteiger partial charge in [0.1, 0.15) is 23.5 Å². The molecule has 10 rings (SSSR count). The number of nitrogens with one attached hydrogen (secondary N) is 2. The first-order chi connectivity index (χ1) is 26.2. The summed E-state index contributed by atoms with van der Waals surface area (Å²) in [6.07, 6.45) is 5.98. The number of pyridine rings is 1. The Hall–Kier alpha value is -6.69. The predicted octanol–water partition coefficient (Wildman–Crippen LogP) is 10.5. The number of para-hydroxylation sites is 2. The summed E-state index contributed by atoms with van der Waals surface area (Å²) in [6.45, 7) is 0.797. The fraction of sp³-hybridized carbons (Fsp3) is 0.0625. The number of hydrogen-bond acceptors (Lipinski definition) is 5. The van der Waals surface area contributed by atoms with Crippen LogP contribution >= 0.6 is 0 Å². The Balaban J connectivity index is 1.01. The molecule has 5 nitrogen and oxygen atoms in total. The second-order valence-corrected chi connectivity index (χ2v) is 13.8. The molecule has 0 saturated carbocycles. The molecule has 0 saturated heterocycles. The van der Waals surface area contributed by atoms with E-state index in [4.69, 9.17) is 15.5 Å². The first-order valence-electron chi connectivity index (χ1n) is 18.1. The number of nitrogens with zero attached hydrogens (tertiary/aromatic N) is 1. The van der Waals surface area contributed by atoms with Crippen molar-refractivity contribution in [2.45, 2.75) is 11.6 Å². The van der Waals surface area contributed by atoms with E-state index in [2.05, 4.69) is 144 Å². The van der Waals surface area contributed by atoms with Gasteiger partial charge in [0.05, 0.1) is 5.41 Å². The lowest BCUT2D eigenvalue weighted by Crippen LogP contribution is -2.33. The van der Waals surface area contributed by atoms with Crippen LogP contribution in [-0.2, 0) is 5.41 Å². The zero-order chi connectivity index (χ0) is 35.4. The minimum Gasteiger partial charge on any atom is -0.457 e. The van der Waals surface area contributed by atoms with Crippen molar-refractivity contribution in [3.63, 3.8) is 0 Å². The maximum atomic E-state index is 6.85. The molecule has 1 atom stereocenters. The zero-order valence-corrected chi connectivity index (χ0v) is 29.0. The number of anilines is 1. The lowest BCUT2D eigenvalue weighted by atomic mass is 9.65. The summed E-state index contributed by atoms with van der Waals surface area (Å²) in [6, 6.07) is 55.2. The van der Waals surface area contributed by atoms with E-state index in [0.29, 0.717) is 0 Å². The monoisotopic (exact) mass is 684 g/mol. The van der Waals surface area contributed by atoms with E-state index >= 15 is 0 Å². The van der Waals surface area contributed by atoms with Crippen LogP contribution < -0.4 is 21.1 Å². The van der Waals surface area contributed by atoms with Gasteiger partial charge in [0.2, 0.25) is 0 Å². The van der Waals surface area contributed by atoms with Crippen molar-refractivity contribution >= 4 is 11.5 Å². The molecule has 1 aromatic heterocycles. The number of allylic oxidation sites excluding steroid dienone is 2. The van der Waals surface area contributed by atoms with Gasteiger partial charge in [-0.05, 0) is 63.2 Å². The summed E-state index contributed by atoms with van der Waals surface area (Å²) in [4.78, 5) is 4.89. The summed E-state index contributed by atoms with van der Waals surface area (Å²) >= 11 is 0. The first-order valence-corrected chi connectivity index (χ1v) is 18.1. The van der Waals surface area contributed by atoms with Crippen LogP contribution in [0.3, 0.4) is 0 Å². The number of benzene rings is 6. The van der Waals surface area contributed by atoms with Crippen molar-refractivity contribution in [2.75, 3.05) is 11.9 Å². The van der Waals surface area contributed by atoms with Gasteiger partial charge in [-0.25, -0.2) is 4.98 Å². The van der Waals surface area contributed by atoms with Crippen LogP contribution in [0.1, 0.15) is 34.0 Å². The molecule has 3 heterocycles. The van der Waals surface area contributed by atoms with E-state index in [-0.39, 0.29) is 0 Å². The lowest BCUT2D eigenvalue weighted by molar-refractivity contribution is 0.435. The smallest absolute Gasteiger partial charge is 0.135 e. The van der Waals surface area contributed by atoms with Crippen LogP contribution in [0.15, 0.2) is 182 Å². The first kappa shape index (κ1) is 31.1. The van der Waals surface area contributed by atoms with E-state index in [9.17, 15) is 0 Å². The van der Waals surface area contributed by atoms with Crippen molar-refractivity contribution in [3.05, 3.63) is 209 Å². The van der Waals surface area contributed by atoms with Crippen molar-refractivity contribution < 1.29 is 4.74 Å². The van der Waals surface area contributed by atoms with Crippen LogP contribution in [0.4, 0.5) is 5.82 Å². The number of dihydropyridines is 1. The van der Waals surface area contributed by atoms with Crippen LogP contribution in [0.25, 0.3) is 39.1 Å². The summed E-state index contributed by atoms with van der Waals surface area (Å²) in [5.74, 6) is 2.52. The van der Waals surface area contributed by atoms with Crippen molar-refractivity contribution in [1.29, 1.82) is 0 Å². The number of nitrogens with two attached hydrogens (primary N) is 1. The Kier molecular flexibility index (Phi) is 7.34. The molecule has 6 aromatic carbocycles. The summed E-state index contributed by atoms with van der Waals surface area (Å²) < 4.78 is 6.52. The number of fused-ring (bicyclic) bond motifs is 8. The minimum absolute atomic E-state index is 0.464. The zero-order valence-electron chi connectivity index (χ0n) is 29.0. The fourth-order valence-electron chi connectivity index (χ4n) is 8.36. The van der Waals surface area contributed by atoms with Crippen molar-refractivity contribution in [2.24, 2.45) is 5.73 Å². The summed E-state index contributed by atoms with van der Waals surface area (Å²) in [5, 5.41) is 7.24. The van der Waals surface area contributed by atoms with E-state index in [1.165, 1.54) is 22.4 Å². The second-order valence-electron chi connectivity index (χ2n) is 13.8. The third-order valence-electron chi connectivity index (χ3n) is 10.8. The maximum Gasteiger partial charge on any atom is 0.135 e. The second kappa shape index (κ2) is 12.5. The third kappa shape index (κ3) is 5.01. The summed E-state index contributed by atoms with van der Waals surface area (Å²) in [5.41, 5.74) is 21.1. The molecule has 254 valence electrons. The average molecular weight is 685 g/mol. The van der Waals surface area contributed by atoms with Gasteiger partial charge in [0.25, 0.3) is 0 Å². The normalized spacial score (nSPS) is 15.0. The molecule has 0 fully saturated rings. The van der Waals surface area contributed by atoms with Gasteiger partial charge < -0.3 is 21.1 Å². The van der Waals surface area contributed by atoms with E-state index in [1.54, 1.807) is 0 Å². The molecular weight excluding hydrogens is 649 g/mol. The van der Waals surface area contributed by atoms with E-state index in [0.717, 1.165) is 73.9 Å². The highest BCUT2D eigenvalue weighted by molar-refractivity contribution is 5.91. The highest BCUT2D eigenvalue weighted by atomic mass is 16.5. The van der Waals surface area contributed by atoms with Gasteiger partial charge in [-0.3, -0.25) is 0 Å². The predicted molar refractivity (Wildman–Crippen MR) is 214 cm³/mol. The molecule has 3 aliphatic rings. The molecule has 2 aliphatic heterocycles. The van der Waals surface area contributed by atoms with Gasteiger partial charge in [0.15, 0.2) is 0 Å². The van der Waals surface area contributed by atoms with Crippen molar-refractivity contribution in [1.82, 2.24) is 10.3 Å². The van der Waals surface area contributed by atoms with E-state index in [1.807, 2.05) is 42.6 Å². The molecule has 7 aromatic rings. The molecule has 0 bridgehead atoms. The summed E-state index contributed by atoms with van der Waals surface area (Å²) in [7, 11) is 0. The van der Waals surface area contributed by atoms with Crippen LogP contribution in [0, 0.1) is 0 Å². The lowest BCUT2D eigenvalue weighted by Gasteiger charge is -2.40. The molecule has 0 amide bonds. The average Bonchev–Trinajstić information content (AvgIpc) is 3.51. The van der Waals surface area contributed by atoms with Gasteiger partial charge >= 0.3 is 0 Å². The van der Waals surface area contributed by atoms with Gasteiger partial charge in [-0.2, -0.15) is 0 Å². The molecule has 53 heavy (non-hydrogen) atoms. The number of hydrogen-bond donors (Lipinski definition) is 3. The Morgan fingerprint density at radius 1 is 0.604 bits per heavy atom. The van der Waals surface area contributed by atoms with Crippen LogP contribution in [0.2, 0.25) is 0 Å². The number of ether oxygens (including phenoxy) is 1. The standard InChI is InChI=1S/C48H36N4O/c49-46(52-47-38(33-14-5-2-6-15-33)28-36(30-51-47)31-12-3-1-4-13-31)34-23-21-32(22-24-34)35-25-26-37-42(29-35)48(41-18-11-27-50-45(37)41)39-16-7-9-19-43(39)53-44-20-10-8-17-40(44)48/h1-26,28-30,46,50H,27,49H2,(H,51,52). The van der Waals surface area contributed by atoms with Crippen LogP contribution in [0.5, 0.6) is 11.5 Å². The van der Waals surface area contributed by atoms with Gasteiger partial charge in [-0.1, -0.05) is 146 Å². The molecule has 5 heteroatoms. The Bertz CT molecular complexity index is 2530. The van der Waals surface area contributed by atoms with Crippen molar-refractivity contribution in [3.8, 4) is 44.9 Å². The molecule has 1 aliphatic carbocycles. The Morgan fingerprint density at radius 3 is 1.94 bits per heavy atom. The SMILES string of the molecule is NC(Nc1ncc(-c2ccccc2)cc1-c1ccccc1)c1ccc(-c2ccc3c(c2)C2(C4=C3NCC=C4)c3ccccc3Oc3ccccc32)cc1. The quantitative estimate of drug-likeness (QED) is 0.152. The Morgan fingerprint density at radius 2 is 1.23 bits per heavy atom. The minimum atomic E-state index is -0.512. The van der Waals surface area contributed by atoms with Gasteiger partial charge in [0, 0.05) is 46.3 Å². The highest BCUT2D eigenvalue weighted by Gasteiger charge is 2.52.